The van der Waals surface area contributed by atoms with Crippen molar-refractivity contribution >= 4 is 6.09 Å². The predicted molar refractivity (Wildman–Crippen MR) is 59.9 cm³/mol. The van der Waals surface area contributed by atoms with Crippen molar-refractivity contribution in [1.29, 1.82) is 0 Å². The molecular weight excluding hydrogens is 192 g/mol. The summed E-state index contributed by atoms with van der Waals surface area (Å²) in [5.74, 6) is 0. The van der Waals surface area contributed by atoms with Crippen molar-refractivity contribution in [3.63, 3.8) is 0 Å². The van der Waals surface area contributed by atoms with Crippen LogP contribution in [0.2, 0.25) is 0 Å². The molecule has 1 aliphatic carbocycles. The van der Waals surface area contributed by atoms with Crippen LogP contribution in [0.1, 0.15) is 39.5 Å². The molecule has 1 aliphatic rings. The third kappa shape index (κ3) is 5.62. The predicted octanol–water partition coefficient (Wildman–Crippen LogP) is 1.65. The number of rotatable bonds is 6. The summed E-state index contributed by atoms with van der Waals surface area (Å²) in [6.07, 6.45) is 4.04. The molecule has 1 saturated carbocycles. The third-order valence-corrected chi connectivity index (χ3v) is 2.53. The molecule has 0 spiro atoms. The molecule has 0 heterocycles. The smallest absolute Gasteiger partial charge is 0.407 e. The number of hydrogen-bond acceptors (Lipinski definition) is 3. The van der Waals surface area contributed by atoms with Crippen LogP contribution in [0.5, 0.6) is 0 Å². The Hall–Kier alpha value is -0.770. The molecule has 88 valence electrons. The minimum Gasteiger partial charge on any atom is -0.450 e. The highest BCUT2D eigenvalue weighted by molar-refractivity contribution is 5.67. The van der Waals surface area contributed by atoms with Crippen molar-refractivity contribution in [1.82, 2.24) is 10.6 Å². The summed E-state index contributed by atoms with van der Waals surface area (Å²) < 4.78 is 5.04. The van der Waals surface area contributed by atoms with E-state index in [4.69, 9.17) is 4.74 Å². The second-order valence-corrected chi connectivity index (χ2v) is 4.37. The Morgan fingerprint density at radius 1 is 1.47 bits per heavy atom. The Morgan fingerprint density at radius 2 is 2.20 bits per heavy atom. The zero-order valence-electron chi connectivity index (χ0n) is 9.71. The van der Waals surface area contributed by atoms with Crippen molar-refractivity contribution in [2.75, 3.05) is 13.2 Å². The minimum atomic E-state index is -0.260. The van der Waals surface area contributed by atoms with Crippen molar-refractivity contribution in [2.24, 2.45) is 0 Å². The largest absolute Gasteiger partial charge is 0.450 e. The molecule has 0 unspecified atom stereocenters. The van der Waals surface area contributed by atoms with E-state index in [-0.39, 0.29) is 6.09 Å². The quantitative estimate of drug-likeness (QED) is 0.661. The van der Waals surface area contributed by atoms with Gasteiger partial charge in [-0.2, -0.15) is 0 Å². The van der Waals surface area contributed by atoms with Crippen LogP contribution < -0.4 is 10.6 Å². The average molecular weight is 214 g/mol. The van der Waals surface area contributed by atoms with Crippen LogP contribution in [-0.2, 0) is 4.74 Å². The number of carbonyl (C=O) groups is 1. The summed E-state index contributed by atoms with van der Waals surface area (Å²) in [5.41, 5.74) is 0. The van der Waals surface area contributed by atoms with Crippen molar-refractivity contribution in [2.45, 2.75) is 51.6 Å². The number of alkyl carbamates (subject to hydrolysis) is 1. The molecule has 2 N–H and O–H groups in total. The maximum absolute atomic E-state index is 11.2. The van der Waals surface area contributed by atoms with Crippen LogP contribution in [0.3, 0.4) is 0 Å². The topological polar surface area (TPSA) is 50.4 Å². The number of carbonyl (C=O) groups excluding carboxylic acids is 1. The van der Waals surface area contributed by atoms with Crippen molar-refractivity contribution in [3.05, 3.63) is 0 Å². The third-order valence-electron chi connectivity index (χ3n) is 2.53. The highest BCUT2D eigenvalue weighted by atomic mass is 16.5. The van der Waals surface area contributed by atoms with Gasteiger partial charge in [0.1, 0.15) is 0 Å². The average Bonchev–Trinajstić information content (AvgIpc) is 2.10. The van der Waals surface area contributed by atoms with E-state index in [0.29, 0.717) is 18.7 Å². The zero-order valence-corrected chi connectivity index (χ0v) is 9.71. The van der Waals surface area contributed by atoms with Gasteiger partial charge in [0.15, 0.2) is 0 Å². The van der Waals surface area contributed by atoms with E-state index in [1.165, 1.54) is 6.42 Å². The molecule has 0 radical (unpaired) electrons. The van der Waals surface area contributed by atoms with Gasteiger partial charge < -0.3 is 15.4 Å². The van der Waals surface area contributed by atoms with Gasteiger partial charge in [-0.25, -0.2) is 4.79 Å². The van der Waals surface area contributed by atoms with Crippen LogP contribution in [0.15, 0.2) is 0 Å². The Balaban J connectivity index is 1.88. The fourth-order valence-electron chi connectivity index (χ4n) is 1.39. The lowest BCUT2D eigenvalue weighted by Crippen LogP contribution is -2.40. The number of hydrogen-bond donors (Lipinski definition) is 2. The lowest BCUT2D eigenvalue weighted by molar-refractivity contribution is 0.135. The molecule has 15 heavy (non-hydrogen) atoms. The van der Waals surface area contributed by atoms with Crippen LogP contribution in [0.25, 0.3) is 0 Å². The minimum absolute atomic E-state index is 0.260. The summed E-state index contributed by atoms with van der Waals surface area (Å²) in [4.78, 5) is 11.2. The van der Waals surface area contributed by atoms with Crippen LogP contribution in [0, 0.1) is 0 Å². The first-order chi connectivity index (χ1) is 7.18. The molecule has 4 heteroatoms. The fourth-order valence-corrected chi connectivity index (χ4v) is 1.39. The summed E-state index contributed by atoms with van der Waals surface area (Å²) in [5, 5.41) is 6.11. The number of nitrogens with one attached hydrogen (secondary N) is 2. The van der Waals surface area contributed by atoms with Gasteiger partial charge in [0, 0.05) is 12.1 Å². The summed E-state index contributed by atoms with van der Waals surface area (Å²) >= 11 is 0. The number of ether oxygens (including phenoxy) is 1. The van der Waals surface area contributed by atoms with Gasteiger partial charge in [-0.05, 0) is 32.2 Å². The maximum Gasteiger partial charge on any atom is 0.407 e. The van der Waals surface area contributed by atoms with E-state index in [2.05, 4.69) is 24.5 Å². The zero-order chi connectivity index (χ0) is 11.1. The molecule has 0 aliphatic heterocycles. The lowest BCUT2D eigenvalue weighted by atomic mass is 9.93. The summed E-state index contributed by atoms with van der Waals surface area (Å²) in [7, 11) is 0. The lowest BCUT2D eigenvalue weighted by Gasteiger charge is -2.25. The van der Waals surface area contributed by atoms with Gasteiger partial charge in [-0.15, -0.1) is 0 Å². The Bertz CT molecular complexity index is 191. The van der Waals surface area contributed by atoms with Crippen molar-refractivity contribution in [3.8, 4) is 0 Å². The molecule has 0 saturated heterocycles. The van der Waals surface area contributed by atoms with Crippen LogP contribution >= 0.6 is 0 Å². The Morgan fingerprint density at radius 3 is 2.73 bits per heavy atom. The first-order valence-electron chi connectivity index (χ1n) is 5.85. The molecule has 0 aromatic carbocycles. The standard InChI is InChI=1S/C11H22N2O2/c1-9(2)12-7-4-8-15-11(14)13-10-5-3-6-10/h9-10,12H,3-8H2,1-2H3,(H,13,14). The first-order valence-corrected chi connectivity index (χ1v) is 5.85. The van der Waals surface area contributed by atoms with E-state index in [1.54, 1.807) is 0 Å². The van der Waals surface area contributed by atoms with E-state index >= 15 is 0 Å². The van der Waals surface area contributed by atoms with Crippen molar-refractivity contribution < 1.29 is 9.53 Å². The highest BCUT2D eigenvalue weighted by Crippen LogP contribution is 2.17. The van der Waals surface area contributed by atoms with E-state index in [1.807, 2.05) is 0 Å². The normalized spacial score (nSPS) is 16.2. The number of amides is 1. The SMILES string of the molecule is CC(C)NCCCOC(=O)NC1CCC1. The second kappa shape index (κ2) is 6.67. The molecule has 4 nitrogen and oxygen atoms in total. The molecule has 0 aromatic rings. The van der Waals surface area contributed by atoms with Gasteiger partial charge in [-0.1, -0.05) is 13.8 Å². The second-order valence-electron chi connectivity index (χ2n) is 4.37. The molecule has 0 atom stereocenters. The molecule has 1 amide bonds. The highest BCUT2D eigenvalue weighted by Gasteiger charge is 2.19. The molecule has 1 fully saturated rings. The maximum atomic E-state index is 11.2. The van der Waals surface area contributed by atoms with Crippen LogP contribution in [0.4, 0.5) is 4.79 Å². The van der Waals surface area contributed by atoms with E-state index in [9.17, 15) is 4.79 Å². The Labute approximate surface area is 91.8 Å². The van der Waals surface area contributed by atoms with Gasteiger partial charge in [0.2, 0.25) is 0 Å². The van der Waals surface area contributed by atoms with Gasteiger partial charge in [0.25, 0.3) is 0 Å². The first kappa shape index (κ1) is 12.3. The molecular formula is C11H22N2O2. The molecule has 0 aromatic heterocycles. The molecule has 1 rings (SSSR count). The van der Waals surface area contributed by atoms with Gasteiger partial charge >= 0.3 is 6.09 Å². The van der Waals surface area contributed by atoms with Crippen LogP contribution in [-0.4, -0.2) is 31.3 Å². The van der Waals surface area contributed by atoms with E-state index in [0.717, 1.165) is 25.8 Å². The summed E-state index contributed by atoms with van der Waals surface area (Å²) in [6.45, 7) is 5.60. The summed E-state index contributed by atoms with van der Waals surface area (Å²) in [6, 6.07) is 0.861. The van der Waals surface area contributed by atoms with Gasteiger partial charge in [0.05, 0.1) is 6.61 Å². The molecule has 0 bridgehead atoms. The Kier molecular flexibility index (Phi) is 5.47. The fraction of sp³-hybridized carbons (Fsp3) is 0.909. The monoisotopic (exact) mass is 214 g/mol. The van der Waals surface area contributed by atoms with Gasteiger partial charge in [-0.3, -0.25) is 0 Å². The van der Waals surface area contributed by atoms with E-state index < -0.39 is 0 Å².